The van der Waals surface area contributed by atoms with E-state index in [1.807, 2.05) is 0 Å². The van der Waals surface area contributed by atoms with Crippen LogP contribution in [0.2, 0.25) is 0 Å². The number of hydrogen-bond donors (Lipinski definition) is 1. The van der Waals surface area contributed by atoms with Gasteiger partial charge in [-0.15, -0.1) is 0 Å². The van der Waals surface area contributed by atoms with Crippen molar-refractivity contribution in [3.63, 3.8) is 0 Å². The highest BCUT2D eigenvalue weighted by Gasteiger charge is 2.64. The van der Waals surface area contributed by atoms with E-state index in [0.717, 1.165) is 4.90 Å². The number of methoxy groups -OCH3 is 1. The Kier molecular flexibility index (Phi) is 1.28. The monoisotopic (exact) mass is 308 g/mol. The first-order valence-corrected chi connectivity index (χ1v) is 7.35. The molecule has 116 valence electrons. The highest BCUT2D eigenvalue weighted by molar-refractivity contribution is 5.62. The molecule has 2 aliphatic carbocycles. The van der Waals surface area contributed by atoms with Crippen molar-refractivity contribution in [3.05, 3.63) is 35.4 Å². The lowest BCUT2D eigenvalue weighted by Gasteiger charge is -2.56. The zero-order valence-electron chi connectivity index (χ0n) is 21.0. The van der Waals surface area contributed by atoms with Crippen molar-refractivity contribution in [1.82, 2.24) is 4.90 Å². The molecule has 1 fully saturated rings. The molecular weight excluding hydrogens is 278 g/mol. The summed E-state index contributed by atoms with van der Waals surface area (Å²) in [5, 5.41) is 4.87. The van der Waals surface area contributed by atoms with Gasteiger partial charge in [0.2, 0.25) is 1.43 Å². The van der Waals surface area contributed by atoms with Crippen LogP contribution < -0.4 is 9.47 Å². The summed E-state index contributed by atoms with van der Waals surface area (Å²) in [6.45, 7) is -2.85. The Balaban J connectivity index is 1.94. The minimum atomic E-state index is -2.75. The fraction of sp³-hybridized carbons (Fsp3) is 0.556. The number of likely N-dealkylation sites (tertiary alicyclic amines) is 1. The van der Waals surface area contributed by atoms with Crippen molar-refractivity contribution in [2.75, 3.05) is 20.6 Å². The maximum absolute atomic E-state index is 9.34. The summed E-state index contributed by atoms with van der Waals surface area (Å²) >= 11 is 0. The summed E-state index contributed by atoms with van der Waals surface area (Å²) < 4.78 is 87.3. The Morgan fingerprint density at radius 3 is 3.41 bits per heavy atom. The summed E-state index contributed by atoms with van der Waals surface area (Å²) in [5.74, 6) is -0.843. The molecule has 0 saturated carbocycles. The minimum Gasteiger partial charge on any atom is -0.493 e. The van der Waals surface area contributed by atoms with E-state index in [1.165, 1.54) is 13.2 Å². The highest BCUT2D eigenvalue weighted by Crippen LogP contribution is 2.62. The van der Waals surface area contributed by atoms with Gasteiger partial charge in [0.15, 0.2) is 11.5 Å². The molecule has 2 heterocycles. The normalized spacial score (nSPS) is 53.1. The number of hydrogen-bond acceptors (Lipinski definition) is 4. The maximum atomic E-state index is 9.34. The lowest BCUT2D eigenvalue weighted by Crippen LogP contribution is -2.64. The van der Waals surface area contributed by atoms with Gasteiger partial charge in [-0.3, -0.25) is 0 Å². The smallest absolute Gasteiger partial charge is 0.211 e. The van der Waals surface area contributed by atoms with Crippen LogP contribution in [-0.4, -0.2) is 50.3 Å². The van der Waals surface area contributed by atoms with Crippen LogP contribution in [0.1, 0.15) is 28.5 Å². The fourth-order valence-corrected chi connectivity index (χ4v) is 4.44. The second-order valence-electron chi connectivity index (χ2n) is 6.18. The van der Waals surface area contributed by atoms with E-state index in [1.54, 1.807) is 6.08 Å². The quantitative estimate of drug-likeness (QED) is 0.841. The zero-order valence-corrected chi connectivity index (χ0v) is 12.0. The third-order valence-corrected chi connectivity index (χ3v) is 5.34. The number of aliphatic hydroxyl groups excluding tert-OH is 1. The number of benzene rings is 1. The van der Waals surface area contributed by atoms with E-state index in [0.29, 0.717) is 5.56 Å². The van der Waals surface area contributed by atoms with E-state index in [4.69, 9.17) is 25.6 Å². The lowest BCUT2D eigenvalue weighted by atomic mass is 9.53. The van der Waals surface area contributed by atoms with Crippen molar-refractivity contribution < 1.29 is 25.5 Å². The molecule has 5 rings (SSSR count). The molecule has 1 N–H and O–H groups in total. The van der Waals surface area contributed by atoms with Crippen LogP contribution in [0.5, 0.6) is 11.5 Å². The van der Waals surface area contributed by atoms with Crippen molar-refractivity contribution in [2.45, 2.75) is 36.4 Å². The molecule has 2 unspecified atom stereocenters. The Labute approximate surface area is 143 Å². The van der Waals surface area contributed by atoms with Crippen molar-refractivity contribution in [1.29, 1.82) is 1.43 Å². The van der Waals surface area contributed by atoms with Crippen LogP contribution >= 0.6 is 0 Å². The first-order valence-electron chi connectivity index (χ1n) is 11.8. The molecule has 2 bridgehead atoms. The Morgan fingerprint density at radius 2 is 2.59 bits per heavy atom. The third kappa shape index (κ3) is 1.28. The van der Waals surface area contributed by atoms with Gasteiger partial charge in [-0.25, -0.2) is 0 Å². The molecule has 4 aliphatic rings. The van der Waals surface area contributed by atoms with Crippen molar-refractivity contribution in [3.8, 4) is 11.5 Å². The minimum absolute atomic E-state index is 0.0125. The van der Waals surface area contributed by atoms with Gasteiger partial charge in [0, 0.05) is 31.1 Å². The molecule has 1 aromatic rings. The number of ether oxygens (including phenoxy) is 2. The number of likely N-dealkylation sites (N-methyl/N-ethyl adjacent to an activating group) is 1. The predicted octanol–water partition coefficient (Wildman–Crippen LogP) is 1.50. The predicted molar refractivity (Wildman–Crippen MR) is 82.5 cm³/mol. The van der Waals surface area contributed by atoms with Crippen LogP contribution in [0, 0.1) is 5.92 Å². The summed E-state index contributed by atoms with van der Waals surface area (Å²) in [4.78, 5) is 0.882. The van der Waals surface area contributed by atoms with Gasteiger partial charge in [-0.05, 0) is 37.9 Å². The number of rotatable bonds is 2. The molecule has 4 nitrogen and oxygen atoms in total. The maximum Gasteiger partial charge on any atom is 0.211 e. The van der Waals surface area contributed by atoms with Gasteiger partial charge in [0.25, 0.3) is 0 Å². The summed E-state index contributed by atoms with van der Waals surface area (Å²) in [6.07, 6.45) is -1.04. The Bertz CT molecular complexity index is 1010. The molecular formula is C18H21NO3. The van der Waals surface area contributed by atoms with E-state index < -0.39 is 55.0 Å². The Hall–Kier alpha value is -1.52. The molecule has 22 heavy (non-hydrogen) atoms. The number of nitrogens with zero attached hydrogens (tertiary/aromatic N) is 1. The van der Waals surface area contributed by atoms with Gasteiger partial charge < -0.3 is 19.5 Å². The van der Waals surface area contributed by atoms with E-state index in [9.17, 15) is 1.37 Å². The summed E-state index contributed by atoms with van der Waals surface area (Å²) in [7, 11) is 1.33. The molecule has 0 amide bonds. The lowest BCUT2D eigenvalue weighted by molar-refractivity contribution is -0.0453. The second-order valence-corrected chi connectivity index (χ2v) is 6.18. The van der Waals surface area contributed by atoms with E-state index in [2.05, 4.69) is 0 Å². The molecule has 1 spiro atoms. The van der Waals surface area contributed by atoms with Crippen molar-refractivity contribution >= 4 is 0 Å². The van der Waals surface area contributed by atoms with E-state index >= 15 is 0 Å². The van der Waals surface area contributed by atoms with E-state index in [-0.39, 0.29) is 30.0 Å². The summed E-state index contributed by atoms with van der Waals surface area (Å²) in [6, 6.07) is -3.15. The topological polar surface area (TPSA) is 41.9 Å². The zero-order chi connectivity index (χ0) is 22.7. The van der Waals surface area contributed by atoms with Gasteiger partial charge >= 0.3 is 0 Å². The molecule has 1 saturated heterocycles. The molecule has 1 aromatic carbocycles. The molecule has 0 aromatic heterocycles. The van der Waals surface area contributed by atoms with Gasteiger partial charge in [0.1, 0.15) is 12.2 Å². The van der Waals surface area contributed by atoms with Crippen LogP contribution in [-0.2, 0) is 11.8 Å². The summed E-state index contributed by atoms with van der Waals surface area (Å²) in [5.41, 5.74) is -0.961. The molecule has 0 radical (unpaired) electrons. The van der Waals surface area contributed by atoms with Gasteiger partial charge in [0.05, 0.1) is 9.85 Å². The molecule has 2 aliphatic heterocycles. The second kappa shape index (κ2) is 4.06. The number of aliphatic hydroxyl groups is 1. The van der Waals surface area contributed by atoms with Crippen LogP contribution in [0.15, 0.2) is 24.2 Å². The molecule has 5 atom stereocenters. The van der Waals surface area contributed by atoms with Gasteiger partial charge in [-0.1, -0.05) is 18.2 Å². The van der Waals surface area contributed by atoms with Crippen LogP contribution in [0.4, 0.5) is 0 Å². The highest BCUT2D eigenvalue weighted by atomic mass is 16.5. The van der Waals surface area contributed by atoms with Gasteiger partial charge in [-0.2, -0.15) is 0 Å². The standard InChI is InChI=1S/C18H21NO3/c1-19-8-7-18-11-4-5-13(20)17(18)22-16-14(21-2)6-3-10(15(16)18)9-12(11)19/h3-6,11-13,17,20H,7-9H2,1-2H3/t11-,12+,13?,17?,18-/m0/s1/i1D3,3D,6D,9D2,12D,20D. The first kappa shape index (κ1) is 6.93. The number of piperidine rings is 1. The largest absolute Gasteiger partial charge is 0.493 e. The Morgan fingerprint density at radius 1 is 1.64 bits per heavy atom. The first-order chi connectivity index (χ1) is 14.4. The average molecular weight is 308 g/mol. The molecule has 4 heteroatoms. The van der Waals surface area contributed by atoms with Crippen molar-refractivity contribution in [2.24, 2.45) is 5.92 Å². The third-order valence-electron chi connectivity index (χ3n) is 5.34. The SMILES string of the molecule is [2H]OC1C=C[C@@H]2[C@@]34CCN(C([2H])([2H])[2H])[C@]2([2H])C([2H])([2H])c2c([2H])c([2H])c(OC)c(c23)OC14. The van der Waals surface area contributed by atoms with Crippen LogP contribution in [0.3, 0.4) is 0 Å². The van der Waals surface area contributed by atoms with Crippen LogP contribution in [0.25, 0.3) is 0 Å². The fourth-order valence-electron chi connectivity index (χ4n) is 4.44. The average Bonchev–Trinajstić information content (AvgIpc) is 3.00.